The summed E-state index contributed by atoms with van der Waals surface area (Å²) in [6.07, 6.45) is 0. The zero-order chi connectivity index (χ0) is 14.4. The van der Waals surface area contributed by atoms with Crippen LogP contribution in [-0.4, -0.2) is 10.5 Å². The van der Waals surface area contributed by atoms with E-state index in [2.05, 4.69) is 10.3 Å². The number of hydrogen-bond acceptors (Lipinski definition) is 1. The van der Waals surface area contributed by atoms with Crippen molar-refractivity contribution < 1.29 is 13.2 Å². The smallest absolute Gasteiger partial charge is 0.168 e. The standard InChI is InChI=1S/C14H17F3N2/c1-7-8(6-18-14(2,3)4)11-12(17)9(15)5-10(16)13(11)19-7/h5,18-19H,6H2,1-4H3. The monoisotopic (exact) mass is 270 g/mol. The lowest BCUT2D eigenvalue weighted by atomic mass is 10.1. The molecule has 0 fully saturated rings. The van der Waals surface area contributed by atoms with Crippen molar-refractivity contribution in [2.24, 2.45) is 0 Å². The Morgan fingerprint density at radius 1 is 1.16 bits per heavy atom. The van der Waals surface area contributed by atoms with E-state index in [1.807, 2.05) is 20.8 Å². The number of benzene rings is 1. The second kappa shape index (κ2) is 4.56. The van der Waals surface area contributed by atoms with Gasteiger partial charge in [-0.05, 0) is 33.3 Å². The quantitative estimate of drug-likeness (QED) is 0.798. The number of halogens is 3. The molecular formula is C14H17F3N2. The maximum atomic E-state index is 13.9. The highest BCUT2D eigenvalue weighted by Crippen LogP contribution is 2.29. The minimum absolute atomic E-state index is 0.00764. The second-order valence-electron chi connectivity index (χ2n) is 5.74. The molecule has 2 rings (SSSR count). The van der Waals surface area contributed by atoms with Crippen LogP contribution in [0.3, 0.4) is 0 Å². The predicted octanol–water partition coefficient (Wildman–Crippen LogP) is 3.78. The summed E-state index contributed by atoms with van der Waals surface area (Å²) in [6, 6.07) is 0.564. The van der Waals surface area contributed by atoms with Gasteiger partial charge in [0.05, 0.1) is 5.52 Å². The van der Waals surface area contributed by atoms with Crippen molar-refractivity contribution in [3.63, 3.8) is 0 Å². The molecule has 0 saturated carbocycles. The van der Waals surface area contributed by atoms with Crippen molar-refractivity contribution in [2.75, 3.05) is 0 Å². The van der Waals surface area contributed by atoms with Crippen molar-refractivity contribution >= 4 is 10.9 Å². The lowest BCUT2D eigenvalue weighted by molar-refractivity contribution is 0.424. The molecule has 2 aromatic rings. The summed E-state index contributed by atoms with van der Waals surface area (Å²) in [5, 5.41) is 3.18. The number of aromatic amines is 1. The van der Waals surface area contributed by atoms with Gasteiger partial charge in [-0.15, -0.1) is 0 Å². The molecule has 0 bridgehead atoms. The van der Waals surface area contributed by atoms with Crippen LogP contribution in [0.15, 0.2) is 6.07 Å². The van der Waals surface area contributed by atoms with Crippen molar-refractivity contribution in [3.8, 4) is 0 Å². The Hall–Kier alpha value is -1.49. The first kappa shape index (κ1) is 13.9. The summed E-state index contributed by atoms with van der Waals surface area (Å²) >= 11 is 0. The van der Waals surface area contributed by atoms with Crippen LogP contribution in [0.1, 0.15) is 32.0 Å². The molecule has 2 N–H and O–H groups in total. The highest BCUT2D eigenvalue weighted by atomic mass is 19.2. The number of H-pyrrole nitrogens is 1. The van der Waals surface area contributed by atoms with Crippen LogP contribution in [0.25, 0.3) is 10.9 Å². The molecule has 104 valence electrons. The first-order valence-electron chi connectivity index (χ1n) is 6.10. The number of fused-ring (bicyclic) bond motifs is 1. The maximum absolute atomic E-state index is 13.9. The zero-order valence-corrected chi connectivity index (χ0v) is 11.4. The Kier molecular flexibility index (Phi) is 3.34. The number of hydrogen-bond donors (Lipinski definition) is 2. The van der Waals surface area contributed by atoms with Crippen molar-refractivity contribution in [2.45, 2.75) is 39.8 Å². The lowest BCUT2D eigenvalue weighted by Gasteiger charge is -2.20. The van der Waals surface area contributed by atoms with E-state index in [4.69, 9.17) is 0 Å². The van der Waals surface area contributed by atoms with Gasteiger partial charge in [0, 0.05) is 29.2 Å². The van der Waals surface area contributed by atoms with Gasteiger partial charge in [-0.25, -0.2) is 13.2 Å². The van der Waals surface area contributed by atoms with Crippen LogP contribution in [0.5, 0.6) is 0 Å². The average Bonchev–Trinajstić information content (AvgIpc) is 2.60. The van der Waals surface area contributed by atoms with E-state index in [9.17, 15) is 13.2 Å². The lowest BCUT2D eigenvalue weighted by Crippen LogP contribution is -2.35. The molecule has 1 aromatic carbocycles. The molecule has 0 saturated heterocycles. The first-order valence-corrected chi connectivity index (χ1v) is 6.10. The molecule has 0 spiro atoms. The molecular weight excluding hydrogens is 253 g/mol. The predicted molar refractivity (Wildman–Crippen MR) is 69.5 cm³/mol. The van der Waals surface area contributed by atoms with E-state index >= 15 is 0 Å². The van der Waals surface area contributed by atoms with Gasteiger partial charge in [-0.3, -0.25) is 0 Å². The number of nitrogens with one attached hydrogen (secondary N) is 2. The molecule has 0 aliphatic carbocycles. The summed E-state index contributed by atoms with van der Waals surface area (Å²) in [5.41, 5.74) is 1.04. The fourth-order valence-electron chi connectivity index (χ4n) is 2.03. The molecule has 5 heteroatoms. The Morgan fingerprint density at radius 2 is 1.79 bits per heavy atom. The van der Waals surface area contributed by atoms with Gasteiger partial charge in [0.25, 0.3) is 0 Å². The van der Waals surface area contributed by atoms with E-state index in [0.717, 1.165) is 0 Å². The number of aromatic nitrogens is 1. The minimum Gasteiger partial charge on any atom is -0.356 e. The fourth-order valence-corrected chi connectivity index (χ4v) is 2.03. The van der Waals surface area contributed by atoms with Crippen molar-refractivity contribution in [3.05, 3.63) is 34.8 Å². The molecule has 19 heavy (non-hydrogen) atoms. The molecule has 0 aliphatic rings. The van der Waals surface area contributed by atoms with Crippen LogP contribution < -0.4 is 5.32 Å². The molecule has 0 radical (unpaired) electrons. The molecule has 1 aromatic heterocycles. The third-order valence-corrected chi connectivity index (χ3v) is 3.03. The summed E-state index contributed by atoms with van der Waals surface area (Å²) in [5.74, 6) is -2.95. The molecule has 2 nitrogen and oxygen atoms in total. The van der Waals surface area contributed by atoms with Crippen molar-refractivity contribution in [1.82, 2.24) is 10.3 Å². The average molecular weight is 270 g/mol. The summed E-state index contributed by atoms with van der Waals surface area (Å²) in [6.45, 7) is 7.96. The molecule has 0 atom stereocenters. The van der Waals surface area contributed by atoms with E-state index in [1.54, 1.807) is 6.92 Å². The van der Waals surface area contributed by atoms with Crippen LogP contribution in [-0.2, 0) is 6.54 Å². The highest BCUT2D eigenvalue weighted by Gasteiger charge is 2.20. The SMILES string of the molecule is Cc1[nH]c2c(F)cc(F)c(F)c2c1CNC(C)(C)C. The largest absolute Gasteiger partial charge is 0.356 e. The molecule has 0 unspecified atom stereocenters. The zero-order valence-electron chi connectivity index (χ0n) is 11.4. The van der Waals surface area contributed by atoms with E-state index in [-0.39, 0.29) is 16.4 Å². The van der Waals surface area contributed by atoms with Crippen molar-refractivity contribution in [1.29, 1.82) is 0 Å². The van der Waals surface area contributed by atoms with Gasteiger partial charge in [0.15, 0.2) is 11.6 Å². The Morgan fingerprint density at radius 3 is 2.37 bits per heavy atom. The highest BCUT2D eigenvalue weighted by molar-refractivity contribution is 5.85. The van der Waals surface area contributed by atoms with Gasteiger partial charge in [0.1, 0.15) is 5.82 Å². The van der Waals surface area contributed by atoms with Crippen LogP contribution in [0.4, 0.5) is 13.2 Å². The molecule has 0 amide bonds. The molecule has 1 heterocycles. The summed E-state index contributed by atoms with van der Waals surface area (Å²) in [4.78, 5) is 2.78. The second-order valence-corrected chi connectivity index (χ2v) is 5.74. The molecule has 0 aliphatic heterocycles. The van der Waals surface area contributed by atoms with Gasteiger partial charge >= 0.3 is 0 Å². The van der Waals surface area contributed by atoms with Gasteiger partial charge < -0.3 is 10.3 Å². The number of aryl methyl sites for hydroxylation is 1. The fraction of sp³-hybridized carbons (Fsp3) is 0.429. The van der Waals surface area contributed by atoms with Crippen LogP contribution in [0.2, 0.25) is 0 Å². The van der Waals surface area contributed by atoms with Gasteiger partial charge in [-0.1, -0.05) is 0 Å². The minimum atomic E-state index is -1.17. The first-order chi connectivity index (χ1) is 8.70. The third kappa shape index (κ3) is 2.61. The number of rotatable bonds is 2. The van der Waals surface area contributed by atoms with E-state index in [0.29, 0.717) is 23.9 Å². The topological polar surface area (TPSA) is 27.8 Å². The Bertz CT molecular complexity index is 624. The third-order valence-electron chi connectivity index (χ3n) is 3.03. The van der Waals surface area contributed by atoms with E-state index < -0.39 is 17.5 Å². The summed E-state index contributed by atoms with van der Waals surface area (Å²) in [7, 11) is 0. The van der Waals surface area contributed by atoms with Crippen LogP contribution >= 0.6 is 0 Å². The van der Waals surface area contributed by atoms with Gasteiger partial charge in [0.2, 0.25) is 0 Å². The van der Waals surface area contributed by atoms with Crippen LogP contribution in [0, 0.1) is 24.4 Å². The normalized spacial score (nSPS) is 12.4. The Labute approximate surface area is 110 Å². The van der Waals surface area contributed by atoms with Gasteiger partial charge in [-0.2, -0.15) is 0 Å². The maximum Gasteiger partial charge on any atom is 0.168 e. The van der Waals surface area contributed by atoms with E-state index in [1.165, 1.54) is 0 Å². The summed E-state index contributed by atoms with van der Waals surface area (Å²) < 4.78 is 40.8. The Balaban J connectivity index is 2.57.